The fourth-order valence-electron chi connectivity index (χ4n) is 3.64. The van der Waals surface area contributed by atoms with Crippen molar-refractivity contribution >= 4 is 17.5 Å². The molecule has 0 radical (unpaired) electrons. The fourth-order valence-corrected chi connectivity index (χ4v) is 3.64. The van der Waals surface area contributed by atoms with E-state index in [1.54, 1.807) is 0 Å². The highest BCUT2D eigenvalue weighted by molar-refractivity contribution is 5.93. The summed E-state index contributed by atoms with van der Waals surface area (Å²) in [6, 6.07) is 10.0. The summed E-state index contributed by atoms with van der Waals surface area (Å²) >= 11 is 0. The molecule has 0 saturated carbocycles. The first-order valence-electron chi connectivity index (χ1n) is 8.42. The number of piperidine rings is 1. The molecule has 0 unspecified atom stereocenters. The van der Waals surface area contributed by atoms with Crippen LogP contribution in [-0.4, -0.2) is 42.0 Å². The number of hydrogen-bond acceptors (Lipinski definition) is 3. The molecule has 5 heteroatoms. The monoisotopic (exact) mass is 315 g/mol. The second-order valence-corrected chi connectivity index (χ2v) is 6.94. The van der Waals surface area contributed by atoms with Crippen LogP contribution < -0.4 is 10.2 Å². The fraction of sp³-hybridized carbons (Fsp3) is 0.556. The highest BCUT2D eigenvalue weighted by Gasteiger charge is 2.50. The van der Waals surface area contributed by atoms with E-state index in [1.807, 2.05) is 35.2 Å². The molecule has 1 spiro atoms. The van der Waals surface area contributed by atoms with Crippen molar-refractivity contribution in [3.05, 3.63) is 30.3 Å². The molecule has 2 amide bonds. The Kier molecular flexibility index (Phi) is 4.28. The lowest BCUT2D eigenvalue weighted by Crippen LogP contribution is -2.57. The Morgan fingerprint density at radius 3 is 2.48 bits per heavy atom. The van der Waals surface area contributed by atoms with Crippen molar-refractivity contribution < 1.29 is 9.59 Å². The van der Waals surface area contributed by atoms with Gasteiger partial charge in [0, 0.05) is 25.2 Å². The summed E-state index contributed by atoms with van der Waals surface area (Å²) in [6.45, 7) is 5.98. The molecule has 1 N–H and O–H groups in total. The predicted octanol–water partition coefficient (Wildman–Crippen LogP) is 1.99. The normalized spacial score (nSPS) is 20.2. The minimum absolute atomic E-state index is 0.0947. The standard InChI is InChI=1S/C18H25N3O2/c1-14(2)12-16(22)20-10-8-18(9-11-20)17(23)19-13-21(18)15-6-4-3-5-7-15/h3-7,14H,8-13H2,1-2H3,(H,19,23). The zero-order valence-corrected chi connectivity index (χ0v) is 13.9. The molecule has 5 nitrogen and oxygen atoms in total. The number of hydrogen-bond donors (Lipinski definition) is 1. The first kappa shape index (κ1) is 15.8. The Hall–Kier alpha value is -2.04. The van der Waals surface area contributed by atoms with Gasteiger partial charge in [0.2, 0.25) is 11.8 Å². The lowest BCUT2D eigenvalue weighted by atomic mass is 9.85. The van der Waals surface area contributed by atoms with Gasteiger partial charge in [-0.15, -0.1) is 0 Å². The number of rotatable bonds is 3. The van der Waals surface area contributed by atoms with Crippen LogP contribution in [0.1, 0.15) is 33.1 Å². The number of para-hydroxylation sites is 1. The SMILES string of the molecule is CC(C)CC(=O)N1CCC2(CC1)C(=O)NCN2c1ccccc1. The Morgan fingerprint density at radius 1 is 1.22 bits per heavy atom. The molecule has 0 atom stereocenters. The van der Waals surface area contributed by atoms with E-state index in [1.165, 1.54) is 0 Å². The maximum absolute atomic E-state index is 12.5. The van der Waals surface area contributed by atoms with Gasteiger partial charge in [-0.25, -0.2) is 0 Å². The average molecular weight is 315 g/mol. The van der Waals surface area contributed by atoms with E-state index < -0.39 is 5.54 Å². The topological polar surface area (TPSA) is 52.7 Å². The molecule has 23 heavy (non-hydrogen) atoms. The molecule has 2 saturated heterocycles. The van der Waals surface area contributed by atoms with Crippen LogP contribution in [0.25, 0.3) is 0 Å². The quantitative estimate of drug-likeness (QED) is 0.928. The Labute approximate surface area is 137 Å². The van der Waals surface area contributed by atoms with E-state index in [2.05, 4.69) is 24.1 Å². The second-order valence-electron chi connectivity index (χ2n) is 6.94. The predicted molar refractivity (Wildman–Crippen MR) is 89.9 cm³/mol. The van der Waals surface area contributed by atoms with Crippen LogP contribution in [0.4, 0.5) is 5.69 Å². The van der Waals surface area contributed by atoms with E-state index in [9.17, 15) is 9.59 Å². The number of carbonyl (C=O) groups excluding carboxylic acids is 2. The summed E-state index contributed by atoms with van der Waals surface area (Å²) in [7, 11) is 0. The van der Waals surface area contributed by atoms with Gasteiger partial charge in [0.25, 0.3) is 0 Å². The maximum Gasteiger partial charge on any atom is 0.247 e. The minimum atomic E-state index is -0.504. The molecule has 2 aliphatic rings. The van der Waals surface area contributed by atoms with Crippen LogP contribution >= 0.6 is 0 Å². The third-order valence-corrected chi connectivity index (χ3v) is 4.93. The first-order valence-corrected chi connectivity index (χ1v) is 8.42. The summed E-state index contributed by atoms with van der Waals surface area (Å²) in [6.07, 6.45) is 1.97. The summed E-state index contributed by atoms with van der Waals surface area (Å²) in [5, 5.41) is 2.99. The van der Waals surface area contributed by atoms with E-state index >= 15 is 0 Å². The summed E-state index contributed by atoms with van der Waals surface area (Å²) in [5.41, 5.74) is 0.559. The van der Waals surface area contributed by atoms with Crippen LogP contribution in [0.2, 0.25) is 0 Å². The number of amides is 2. The Bertz CT molecular complexity index is 577. The Balaban J connectivity index is 1.74. The molecular formula is C18H25N3O2. The van der Waals surface area contributed by atoms with E-state index in [4.69, 9.17) is 0 Å². The van der Waals surface area contributed by atoms with Crippen molar-refractivity contribution in [2.24, 2.45) is 5.92 Å². The largest absolute Gasteiger partial charge is 0.342 e. The van der Waals surface area contributed by atoms with Gasteiger partial charge < -0.3 is 15.1 Å². The summed E-state index contributed by atoms with van der Waals surface area (Å²) in [5.74, 6) is 0.672. The van der Waals surface area contributed by atoms with E-state index in [-0.39, 0.29) is 11.8 Å². The molecule has 0 aromatic heterocycles. The number of nitrogens with one attached hydrogen (secondary N) is 1. The molecule has 1 aromatic rings. The zero-order chi connectivity index (χ0) is 16.4. The van der Waals surface area contributed by atoms with Gasteiger partial charge in [-0.05, 0) is 30.9 Å². The molecule has 3 rings (SSSR count). The number of likely N-dealkylation sites (tertiary alicyclic amines) is 1. The lowest BCUT2D eigenvalue weighted by molar-refractivity contribution is -0.136. The van der Waals surface area contributed by atoms with Gasteiger partial charge in [0.05, 0.1) is 6.67 Å². The van der Waals surface area contributed by atoms with Crippen molar-refractivity contribution in [3.8, 4) is 0 Å². The van der Waals surface area contributed by atoms with Gasteiger partial charge in [-0.2, -0.15) is 0 Å². The maximum atomic E-state index is 12.5. The van der Waals surface area contributed by atoms with Crippen LogP contribution in [-0.2, 0) is 9.59 Å². The lowest BCUT2D eigenvalue weighted by Gasteiger charge is -2.43. The van der Waals surface area contributed by atoms with Crippen LogP contribution in [0.15, 0.2) is 30.3 Å². The van der Waals surface area contributed by atoms with Gasteiger partial charge in [-0.1, -0.05) is 32.0 Å². The molecule has 0 aliphatic carbocycles. The smallest absolute Gasteiger partial charge is 0.247 e. The zero-order valence-electron chi connectivity index (χ0n) is 13.9. The molecule has 0 bridgehead atoms. The number of carbonyl (C=O) groups is 2. The van der Waals surface area contributed by atoms with Gasteiger partial charge in [-0.3, -0.25) is 9.59 Å². The van der Waals surface area contributed by atoms with Crippen molar-refractivity contribution in [1.29, 1.82) is 0 Å². The summed E-state index contributed by atoms with van der Waals surface area (Å²) in [4.78, 5) is 28.9. The van der Waals surface area contributed by atoms with Gasteiger partial charge >= 0.3 is 0 Å². The van der Waals surface area contributed by atoms with E-state index in [0.717, 1.165) is 5.69 Å². The van der Waals surface area contributed by atoms with Gasteiger partial charge in [0.1, 0.15) is 5.54 Å². The summed E-state index contributed by atoms with van der Waals surface area (Å²) < 4.78 is 0. The number of nitrogens with zero attached hydrogens (tertiary/aromatic N) is 2. The van der Waals surface area contributed by atoms with Crippen molar-refractivity contribution in [2.45, 2.75) is 38.6 Å². The number of anilines is 1. The highest BCUT2D eigenvalue weighted by atomic mass is 16.2. The molecule has 2 aliphatic heterocycles. The Morgan fingerprint density at radius 2 is 1.87 bits per heavy atom. The van der Waals surface area contributed by atoms with Gasteiger partial charge in [0.15, 0.2) is 0 Å². The average Bonchev–Trinajstić information content (AvgIpc) is 2.85. The number of benzene rings is 1. The second kappa shape index (κ2) is 6.22. The van der Waals surface area contributed by atoms with E-state index in [0.29, 0.717) is 44.9 Å². The van der Waals surface area contributed by atoms with Crippen LogP contribution in [0.3, 0.4) is 0 Å². The van der Waals surface area contributed by atoms with Crippen LogP contribution in [0, 0.1) is 5.92 Å². The molecule has 124 valence electrons. The minimum Gasteiger partial charge on any atom is -0.342 e. The first-order chi connectivity index (χ1) is 11.0. The third kappa shape index (κ3) is 2.92. The molecule has 1 aromatic carbocycles. The van der Waals surface area contributed by atoms with Crippen LogP contribution in [0.5, 0.6) is 0 Å². The van der Waals surface area contributed by atoms with Crippen molar-refractivity contribution in [2.75, 3.05) is 24.7 Å². The molecule has 2 heterocycles. The highest BCUT2D eigenvalue weighted by Crippen LogP contribution is 2.36. The molecule has 2 fully saturated rings. The third-order valence-electron chi connectivity index (χ3n) is 4.93. The van der Waals surface area contributed by atoms with Crippen molar-refractivity contribution in [3.63, 3.8) is 0 Å². The van der Waals surface area contributed by atoms with Crippen molar-refractivity contribution in [1.82, 2.24) is 10.2 Å². The molecular weight excluding hydrogens is 290 g/mol.